The molecule has 1 aromatic rings. The number of nitrogens with one attached hydrogen (secondary N) is 3. The number of thioether (sulfide) groups is 1. The molecule has 2 rings (SSSR count). The molecule has 0 saturated heterocycles. The Hall–Kier alpha value is -2.42. The van der Waals surface area contributed by atoms with Crippen LogP contribution in [-0.2, 0) is 4.79 Å². The van der Waals surface area contributed by atoms with Crippen LogP contribution in [0.2, 0.25) is 0 Å². The zero-order valence-corrected chi connectivity index (χ0v) is 15.5. The lowest BCUT2D eigenvalue weighted by Gasteiger charge is -2.11. The second-order valence-corrected chi connectivity index (χ2v) is 6.18. The molecule has 1 aromatic heterocycles. The van der Waals surface area contributed by atoms with Gasteiger partial charge in [0, 0.05) is 26.6 Å². The summed E-state index contributed by atoms with van der Waals surface area (Å²) in [5.74, 6) is -0.345. The van der Waals surface area contributed by atoms with Crippen LogP contribution in [0.4, 0.5) is 0 Å². The molecule has 0 unspecified atom stereocenters. The third-order valence-electron chi connectivity index (χ3n) is 3.05. The van der Waals surface area contributed by atoms with Crippen molar-refractivity contribution in [3.05, 3.63) is 27.9 Å². The molecule has 0 radical (unpaired) electrons. The predicted molar refractivity (Wildman–Crippen MR) is 95.8 cm³/mol. The van der Waals surface area contributed by atoms with Gasteiger partial charge in [0.05, 0.1) is 10.5 Å². The van der Waals surface area contributed by atoms with Gasteiger partial charge in [0.2, 0.25) is 17.5 Å². The lowest BCUT2D eigenvalue weighted by molar-refractivity contribution is -0.118. The summed E-state index contributed by atoms with van der Waals surface area (Å²) in [6, 6.07) is 0. The first kappa shape index (κ1) is 20.6. The summed E-state index contributed by atoms with van der Waals surface area (Å²) in [4.78, 5) is 46.1. The van der Waals surface area contributed by atoms with Crippen molar-refractivity contribution < 1.29 is 19.2 Å². The van der Waals surface area contributed by atoms with Crippen LogP contribution in [0, 0.1) is 0 Å². The van der Waals surface area contributed by atoms with Gasteiger partial charge in [0.15, 0.2) is 0 Å². The Balaban J connectivity index is 0.000000450. The molecule has 136 valence electrons. The molecule has 1 heterocycles. The Morgan fingerprint density at radius 2 is 1.96 bits per heavy atom. The van der Waals surface area contributed by atoms with Crippen LogP contribution in [0.5, 0.6) is 0 Å². The van der Waals surface area contributed by atoms with Crippen LogP contribution in [0.25, 0.3) is 0 Å². The molecule has 8 nitrogen and oxygen atoms in total. The Kier molecular flexibility index (Phi) is 8.06. The van der Waals surface area contributed by atoms with Crippen molar-refractivity contribution in [3.8, 4) is 0 Å². The van der Waals surface area contributed by atoms with E-state index in [1.54, 1.807) is 0 Å². The summed E-state index contributed by atoms with van der Waals surface area (Å²) in [6.45, 7) is 6.11. The van der Waals surface area contributed by atoms with E-state index in [1.807, 2.05) is 13.8 Å². The highest BCUT2D eigenvalue weighted by Gasteiger charge is 2.33. The molecular weight excluding hydrogens is 344 g/mol. The number of ketones is 2. The van der Waals surface area contributed by atoms with E-state index in [0.717, 1.165) is 18.7 Å². The first-order valence-corrected chi connectivity index (χ1v) is 8.84. The molecule has 9 heteroatoms. The number of aromatic nitrogens is 2. The van der Waals surface area contributed by atoms with Gasteiger partial charge in [-0.25, -0.2) is 0 Å². The third-order valence-corrected chi connectivity index (χ3v) is 4.28. The number of hydrogen-bond acceptors (Lipinski definition) is 6. The summed E-state index contributed by atoms with van der Waals surface area (Å²) < 4.78 is 0. The van der Waals surface area contributed by atoms with Gasteiger partial charge in [-0.1, -0.05) is 6.92 Å². The number of Topliss-reactive ketones (excluding diaryl/α,β-unsaturated/α-hetero) is 1. The second-order valence-electron chi connectivity index (χ2n) is 5.04. The normalized spacial score (nSPS) is 12.6. The summed E-state index contributed by atoms with van der Waals surface area (Å²) in [5.41, 5.74) is 0.133. The van der Waals surface area contributed by atoms with Gasteiger partial charge in [0.25, 0.3) is 5.91 Å². The molecule has 25 heavy (non-hydrogen) atoms. The number of rotatable bonds is 5. The van der Waals surface area contributed by atoms with Crippen LogP contribution in [0.15, 0.2) is 11.0 Å². The van der Waals surface area contributed by atoms with Crippen molar-refractivity contribution in [3.63, 3.8) is 0 Å². The molecule has 0 aromatic carbocycles. The van der Waals surface area contributed by atoms with Crippen molar-refractivity contribution in [2.45, 2.75) is 27.2 Å². The highest BCUT2D eigenvalue weighted by molar-refractivity contribution is 8.04. The number of H-pyrrole nitrogens is 1. The monoisotopic (exact) mass is 366 g/mol. The van der Waals surface area contributed by atoms with Crippen LogP contribution in [0.1, 0.15) is 58.5 Å². The first-order valence-electron chi connectivity index (χ1n) is 7.85. The minimum absolute atomic E-state index is 0.0180. The fraction of sp³-hybridized carbons (Fsp3) is 0.438. The Labute approximate surface area is 150 Å². The number of aromatic amines is 1. The highest BCUT2D eigenvalue weighted by Crippen LogP contribution is 2.29. The Morgan fingerprint density at radius 1 is 1.28 bits per heavy atom. The fourth-order valence-corrected chi connectivity index (χ4v) is 2.82. The highest BCUT2D eigenvalue weighted by atomic mass is 32.2. The van der Waals surface area contributed by atoms with E-state index in [4.69, 9.17) is 0 Å². The molecule has 0 atom stereocenters. The molecule has 1 aliphatic rings. The molecule has 3 N–H and O–H groups in total. The second kappa shape index (κ2) is 9.77. The van der Waals surface area contributed by atoms with E-state index in [1.165, 1.54) is 31.8 Å². The number of amides is 2. The van der Waals surface area contributed by atoms with Gasteiger partial charge in [-0.15, -0.1) is 11.8 Å². The van der Waals surface area contributed by atoms with E-state index in [-0.39, 0.29) is 34.4 Å². The minimum Gasteiger partial charge on any atom is -0.357 e. The molecule has 2 amide bonds. The predicted octanol–water partition coefficient (Wildman–Crippen LogP) is 1.32. The maximum Gasteiger partial charge on any atom is 0.269 e. The standard InChI is InChI=1S/C12H13N3O3S.C4H9NO/c1-3-4-19-7-5-6(16)9-8(11(7)17)10(15-14-9)12(18)13-2;1-3-5-4(2)6/h5H,3-4H2,1-2H3,(H,13,18)(H,14,15);3H2,1-2H3,(H,5,6). The lowest BCUT2D eigenvalue weighted by Crippen LogP contribution is -2.23. The minimum atomic E-state index is -0.461. The molecule has 0 fully saturated rings. The van der Waals surface area contributed by atoms with Crippen molar-refractivity contribution in [2.75, 3.05) is 19.3 Å². The zero-order chi connectivity index (χ0) is 19.0. The number of fused-ring (bicyclic) bond motifs is 1. The van der Waals surface area contributed by atoms with Crippen molar-refractivity contribution >= 4 is 35.1 Å². The van der Waals surface area contributed by atoms with Crippen molar-refractivity contribution in [1.29, 1.82) is 0 Å². The van der Waals surface area contributed by atoms with E-state index >= 15 is 0 Å². The van der Waals surface area contributed by atoms with Crippen LogP contribution in [0.3, 0.4) is 0 Å². The van der Waals surface area contributed by atoms with Gasteiger partial charge in [-0.2, -0.15) is 5.10 Å². The van der Waals surface area contributed by atoms with Gasteiger partial charge >= 0.3 is 0 Å². The topological polar surface area (TPSA) is 121 Å². The summed E-state index contributed by atoms with van der Waals surface area (Å²) >= 11 is 1.32. The molecule has 0 saturated carbocycles. The van der Waals surface area contributed by atoms with Gasteiger partial charge in [-0.05, 0) is 19.1 Å². The molecule has 0 aliphatic heterocycles. The zero-order valence-electron chi connectivity index (χ0n) is 14.7. The molecule has 0 bridgehead atoms. The van der Waals surface area contributed by atoms with Gasteiger partial charge in [0.1, 0.15) is 11.4 Å². The largest absolute Gasteiger partial charge is 0.357 e. The number of carbonyl (C=O) groups is 4. The molecule has 0 spiro atoms. The average molecular weight is 366 g/mol. The summed E-state index contributed by atoms with van der Waals surface area (Å²) in [5, 5.41) is 11.2. The van der Waals surface area contributed by atoms with Crippen LogP contribution in [-0.4, -0.2) is 52.9 Å². The summed E-state index contributed by atoms with van der Waals surface area (Å²) in [6.07, 6.45) is 2.18. The van der Waals surface area contributed by atoms with Gasteiger partial charge < -0.3 is 10.6 Å². The maximum absolute atomic E-state index is 12.3. The van der Waals surface area contributed by atoms with E-state index in [2.05, 4.69) is 20.8 Å². The quantitative estimate of drug-likeness (QED) is 0.723. The maximum atomic E-state index is 12.3. The Bertz CT molecular complexity index is 709. The number of carbonyl (C=O) groups excluding carboxylic acids is 4. The molecular formula is C16H22N4O4S. The summed E-state index contributed by atoms with van der Waals surface area (Å²) in [7, 11) is 1.45. The Morgan fingerprint density at radius 3 is 2.44 bits per heavy atom. The third kappa shape index (κ3) is 5.28. The van der Waals surface area contributed by atoms with Crippen LogP contribution >= 0.6 is 11.8 Å². The fourth-order valence-electron chi connectivity index (χ4n) is 1.98. The molecule has 1 aliphatic carbocycles. The van der Waals surface area contributed by atoms with Crippen molar-refractivity contribution in [1.82, 2.24) is 20.8 Å². The number of nitrogens with zero attached hydrogens (tertiary/aromatic N) is 1. The lowest BCUT2D eigenvalue weighted by atomic mass is 9.99. The van der Waals surface area contributed by atoms with Gasteiger partial charge in [-0.3, -0.25) is 24.3 Å². The smallest absolute Gasteiger partial charge is 0.269 e. The SMILES string of the molecule is CCCSC1=CC(=O)c2n[nH]c(C(=O)NC)c2C1=O.CCNC(C)=O. The first-order chi connectivity index (χ1) is 11.9. The van der Waals surface area contributed by atoms with E-state index < -0.39 is 5.91 Å². The average Bonchev–Trinajstić information content (AvgIpc) is 3.02. The van der Waals surface area contributed by atoms with Crippen molar-refractivity contribution in [2.24, 2.45) is 0 Å². The number of hydrogen-bond donors (Lipinski definition) is 3. The van der Waals surface area contributed by atoms with E-state index in [0.29, 0.717) is 4.91 Å². The van der Waals surface area contributed by atoms with Crippen LogP contribution < -0.4 is 10.6 Å². The number of allylic oxidation sites excluding steroid dienone is 2. The van der Waals surface area contributed by atoms with E-state index in [9.17, 15) is 19.2 Å².